The quantitative estimate of drug-likeness (QED) is 0.566. The summed E-state index contributed by atoms with van der Waals surface area (Å²) in [6.45, 7) is 2.03. The first-order chi connectivity index (χ1) is 5.20. The minimum Gasteiger partial charge on any atom is -0.270 e. The van der Waals surface area contributed by atoms with E-state index in [4.69, 9.17) is 0 Å². The maximum Gasteiger partial charge on any atom is 0.276 e. The van der Waals surface area contributed by atoms with Gasteiger partial charge in [0.05, 0.1) is 14.2 Å². The van der Waals surface area contributed by atoms with Crippen molar-refractivity contribution in [2.24, 2.45) is 11.8 Å². The third-order valence-corrected chi connectivity index (χ3v) is 1.94. The lowest BCUT2D eigenvalue weighted by molar-refractivity contribution is -0.318. The molecule has 1 aliphatic rings. The van der Waals surface area contributed by atoms with Gasteiger partial charge in [0, 0.05) is 5.92 Å². The van der Waals surface area contributed by atoms with Crippen LogP contribution in [0.1, 0.15) is 13.3 Å². The molecule has 1 fully saturated rings. The molecular formula is C7H13NO3. The van der Waals surface area contributed by atoms with Gasteiger partial charge in [-0.3, -0.25) is 4.79 Å². The van der Waals surface area contributed by atoms with Crippen molar-refractivity contribution in [2.45, 2.75) is 13.3 Å². The second-order valence-electron chi connectivity index (χ2n) is 2.78. The van der Waals surface area contributed by atoms with E-state index in [0.717, 1.165) is 11.6 Å². The normalized spacial score (nSPS) is 28.3. The molecule has 0 N–H and O–H groups in total. The van der Waals surface area contributed by atoms with Crippen LogP contribution in [0.25, 0.3) is 0 Å². The van der Waals surface area contributed by atoms with E-state index >= 15 is 0 Å². The van der Waals surface area contributed by atoms with Crippen LogP contribution in [0.5, 0.6) is 0 Å². The smallest absolute Gasteiger partial charge is 0.270 e. The van der Waals surface area contributed by atoms with Crippen molar-refractivity contribution in [1.29, 1.82) is 0 Å². The van der Waals surface area contributed by atoms with Crippen LogP contribution in [0.2, 0.25) is 0 Å². The molecule has 0 aromatic carbocycles. The van der Waals surface area contributed by atoms with Gasteiger partial charge in [-0.25, -0.2) is 9.68 Å². The van der Waals surface area contributed by atoms with E-state index < -0.39 is 0 Å². The Balaban J connectivity index is 2.39. The summed E-state index contributed by atoms with van der Waals surface area (Å²) in [5, 5.41) is 0.925. The second-order valence-corrected chi connectivity index (χ2v) is 2.78. The Kier molecular flexibility index (Phi) is 2.46. The molecular weight excluding hydrogens is 146 g/mol. The molecule has 2 atom stereocenters. The zero-order valence-corrected chi connectivity index (χ0v) is 7.03. The largest absolute Gasteiger partial charge is 0.276 e. The monoisotopic (exact) mass is 159 g/mol. The molecule has 11 heavy (non-hydrogen) atoms. The lowest BCUT2D eigenvalue weighted by Crippen LogP contribution is -2.30. The van der Waals surface area contributed by atoms with E-state index in [1.165, 1.54) is 14.2 Å². The Morgan fingerprint density at radius 3 is 2.18 bits per heavy atom. The number of carbonyl (C=O) groups is 1. The van der Waals surface area contributed by atoms with Gasteiger partial charge in [0.15, 0.2) is 0 Å². The van der Waals surface area contributed by atoms with Crippen molar-refractivity contribution in [3.8, 4) is 0 Å². The number of amides is 1. The summed E-state index contributed by atoms with van der Waals surface area (Å²) in [6, 6.07) is 0. The van der Waals surface area contributed by atoms with E-state index in [9.17, 15) is 4.79 Å². The maximum atomic E-state index is 11.3. The third-order valence-electron chi connectivity index (χ3n) is 1.94. The summed E-state index contributed by atoms with van der Waals surface area (Å²) >= 11 is 0. The molecule has 0 saturated heterocycles. The Morgan fingerprint density at radius 1 is 1.45 bits per heavy atom. The predicted octanol–water partition coefficient (Wildman–Crippen LogP) is 0.594. The zero-order chi connectivity index (χ0) is 8.43. The minimum absolute atomic E-state index is 0.0810. The summed E-state index contributed by atoms with van der Waals surface area (Å²) < 4.78 is 0. The van der Waals surface area contributed by atoms with Crippen LogP contribution >= 0.6 is 0 Å². The highest BCUT2D eigenvalue weighted by molar-refractivity contribution is 5.79. The van der Waals surface area contributed by atoms with Crippen LogP contribution in [-0.4, -0.2) is 25.4 Å². The van der Waals surface area contributed by atoms with E-state index in [1.54, 1.807) is 0 Å². The number of hydrogen-bond donors (Lipinski definition) is 0. The number of nitrogens with zero attached hydrogens (tertiary/aromatic N) is 1. The summed E-state index contributed by atoms with van der Waals surface area (Å²) in [5.41, 5.74) is 0. The molecule has 64 valence electrons. The fourth-order valence-electron chi connectivity index (χ4n) is 1.06. The molecule has 1 saturated carbocycles. The van der Waals surface area contributed by atoms with E-state index in [1.807, 2.05) is 6.92 Å². The van der Waals surface area contributed by atoms with Crippen molar-refractivity contribution in [1.82, 2.24) is 5.23 Å². The van der Waals surface area contributed by atoms with Crippen molar-refractivity contribution in [3.05, 3.63) is 0 Å². The minimum atomic E-state index is -0.0810. The lowest BCUT2D eigenvalue weighted by Gasteiger charge is -2.15. The van der Waals surface area contributed by atoms with Crippen LogP contribution < -0.4 is 0 Å². The van der Waals surface area contributed by atoms with E-state index in [0.29, 0.717) is 5.92 Å². The van der Waals surface area contributed by atoms with Crippen molar-refractivity contribution in [2.75, 3.05) is 14.2 Å². The molecule has 1 aliphatic carbocycles. The molecule has 0 radical (unpaired) electrons. The van der Waals surface area contributed by atoms with Gasteiger partial charge in [-0.2, -0.15) is 0 Å². The Morgan fingerprint density at radius 2 is 1.91 bits per heavy atom. The molecule has 1 amide bonds. The van der Waals surface area contributed by atoms with Crippen LogP contribution in [-0.2, 0) is 14.5 Å². The number of hydrogen-bond acceptors (Lipinski definition) is 3. The standard InChI is InChI=1S/C7H13NO3/c1-5-4-6(5)7(9)8(10-2)11-3/h5-6H,4H2,1-3H3. The first-order valence-corrected chi connectivity index (χ1v) is 3.63. The fraction of sp³-hybridized carbons (Fsp3) is 0.857. The van der Waals surface area contributed by atoms with Gasteiger partial charge in [-0.15, -0.1) is 0 Å². The second kappa shape index (κ2) is 3.19. The Labute approximate surface area is 66.0 Å². The van der Waals surface area contributed by atoms with Crippen molar-refractivity contribution in [3.63, 3.8) is 0 Å². The Hall–Kier alpha value is -0.610. The van der Waals surface area contributed by atoms with Crippen LogP contribution in [0.3, 0.4) is 0 Å². The Bertz CT molecular complexity index is 156. The van der Waals surface area contributed by atoms with Crippen LogP contribution in [0.15, 0.2) is 0 Å². The zero-order valence-electron chi connectivity index (χ0n) is 7.03. The topological polar surface area (TPSA) is 38.8 Å². The predicted molar refractivity (Wildman–Crippen MR) is 38.1 cm³/mol. The molecule has 0 aliphatic heterocycles. The average molecular weight is 159 g/mol. The molecule has 0 aromatic heterocycles. The molecule has 0 spiro atoms. The highest BCUT2D eigenvalue weighted by Crippen LogP contribution is 2.39. The van der Waals surface area contributed by atoms with Gasteiger partial charge in [0.2, 0.25) is 0 Å². The highest BCUT2D eigenvalue weighted by atomic mass is 16.9. The third kappa shape index (κ3) is 1.70. The highest BCUT2D eigenvalue weighted by Gasteiger charge is 2.42. The summed E-state index contributed by atoms with van der Waals surface area (Å²) in [4.78, 5) is 20.6. The average Bonchev–Trinajstić information content (AvgIpc) is 2.69. The number of hydroxylamine groups is 2. The van der Waals surface area contributed by atoms with Crippen molar-refractivity contribution >= 4 is 5.91 Å². The first kappa shape index (κ1) is 8.49. The molecule has 4 heteroatoms. The van der Waals surface area contributed by atoms with Gasteiger partial charge >= 0.3 is 0 Å². The molecule has 0 bridgehead atoms. The molecule has 4 nitrogen and oxygen atoms in total. The van der Waals surface area contributed by atoms with Crippen LogP contribution in [0.4, 0.5) is 0 Å². The molecule has 0 heterocycles. The van der Waals surface area contributed by atoms with Gasteiger partial charge in [0.25, 0.3) is 5.91 Å². The summed E-state index contributed by atoms with van der Waals surface area (Å²) in [5.74, 6) is 0.507. The lowest BCUT2D eigenvalue weighted by atomic mass is 10.3. The van der Waals surface area contributed by atoms with E-state index in [2.05, 4.69) is 9.68 Å². The maximum absolute atomic E-state index is 11.3. The summed E-state index contributed by atoms with van der Waals surface area (Å²) in [7, 11) is 2.82. The van der Waals surface area contributed by atoms with Gasteiger partial charge in [-0.05, 0) is 12.3 Å². The fourth-order valence-corrected chi connectivity index (χ4v) is 1.06. The van der Waals surface area contributed by atoms with Gasteiger partial charge < -0.3 is 0 Å². The molecule has 0 aromatic rings. The van der Waals surface area contributed by atoms with E-state index in [-0.39, 0.29) is 11.8 Å². The summed E-state index contributed by atoms with van der Waals surface area (Å²) in [6.07, 6.45) is 0.946. The first-order valence-electron chi connectivity index (χ1n) is 3.63. The number of carbonyl (C=O) groups excluding carboxylic acids is 1. The van der Waals surface area contributed by atoms with Crippen molar-refractivity contribution < 1.29 is 14.5 Å². The SMILES string of the molecule is CON(OC)C(=O)C1CC1C. The molecule has 1 rings (SSSR count). The molecule has 2 unspecified atom stereocenters. The van der Waals surface area contributed by atoms with Crippen LogP contribution in [0, 0.1) is 11.8 Å². The van der Waals surface area contributed by atoms with Gasteiger partial charge in [0.1, 0.15) is 0 Å². The van der Waals surface area contributed by atoms with Gasteiger partial charge in [-0.1, -0.05) is 12.2 Å². The number of rotatable bonds is 3.